The predicted molar refractivity (Wildman–Crippen MR) is 128 cm³/mol. The van der Waals surface area contributed by atoms with Crippen molar-refractivity contribution in [3.63, 3.8) is 0 Å². The molecular weight excluding hydrogens is 384 g/mol. The number of nitrogens with zero attached hydrogens (tertiary/aromatic N) is 4. The third-order valence-corrected chi connectivity index (χ3v) is 6.28. The predicted octanol–water partition coefficient (Wildman–Crippen LogP) is 3.48. The molecule has 2 heterocycles. The highest BCUT2D eigenvalue weighted by Gasteiger charge is 2.31. The highest BCUT2D eigenvalue weighted by atomic mass is 15.3. The van der Waals surface area contributed by atoms with E-state index < -0.39 is 0 Å². The van der Waals surface area contributed by atoms with Crippen LogP contribution in [0.3, 0.4) is 0 Å². The lowest BCUT2D eigenvalue weighted by molar-refractivity contribution is 0.265. The molecule has 6 nitrogen and oxygen atoms in total. The maximum absolute atomic E-state index is 4.48. The number of aromatic nitrogens is 2. The van der Waals surface area contributed by atoms with E-state index in [1.54, 1.807) is 0 Å². The van der Waals surface area contributed by atoms with Crippen molar-refractivity contribution >= 4 is 17.0 Å². The molecule has 31 heavy (non-hydrogen) atoms. The van der Waals surface area contributed by atoms with E-state index in [1.807, 2.05) is 25.5 Å². The molecule has 6 heteroatoms. The Morgan fingerprint density at radius 2 is 1.84 bits per heavy atom. The largest absolute Gasteiger partial charge is 0.352 e. The third kappa shape index (κ3) is 5.07. The highest BCUT2D eigenvalue weighted by Crippen LogP contribution is 2.18. The summed E-state index contributed by atoms with van der Waals surface area (Å²) in [6.07, 6.45) is 1.92. The normalized spacial score (nSPS) is 20.0. The molecule has 0 saturated carbocycles. The Morgan fingerprint density at radius 3 is 2.55 bits per heavy atom. The molecule has 1 aliphatic heterocycles. The molecule has 0 radical (unpaired) electrons. The van der Waals surface area contributed by atoms with Gasteiger partial charge in [-0.15, -0.1) is 0 Å². The summed E-state index contributed by atoms with van der Waals surface area (Å²) in [4.78, 5) is 11.4. The molecule has 0 spiro atoms. The molecule has 0 amide bonds. The second kappa shape index (κ2) is 9.52. The van der Waals surface area contributed by atoms with Gasteiger partial charge >= 0.3 is 0 Å². The number of rotatable bonds is 6. The van der Waals surface area contributed by atoms with E-state index in [2.05, 4.69) is 87.2 Å². The number of likely N-dealkylation sites (tertiary alicyclic amines) is 1. The molecule has 0 bridgehead atoms. The number of guanidine groups is 1. The summed E-state index contributed by atoms with van der Waals surface area (Å²) < 4.78 is 2.19. The molecule has 1 aliphatic rings. The summed E-state index contributed by atoms with van der Waals surface area (Å²) in [5.74, 6) is 1.48. The van der Waals surface area contributed by atoms with Gasteiger partial charge in [0.15, 0.2) is 5.96 Å². The Bertz CT molecular complexity index is 1020. The molecule has 4 rings (SSSR count). The zero-order valence-corrected chi connectivity index (χ0v) is 19.0. The first-order valence-electron chi connectivity index (χ1n) is 11.2. The van der Waals surface area contributed by atoms with Gasteiger partial charge in [-0.3, -0.25) is 9.89 Å². The number of nitrogens with one attached hydrogen (secondary N) is 2. The Balaban J connectivity index is 1.31. The van der Waals surface area contributed by atoms with Crippen molar-refractivity contribution in [2.24, 2.45) is 10.9 Å². The minimum Gasteiger partial charge on any atom is -0.352 e. The molecule has 2 N–H and O–H groups in total. The van der Waals surface area contributed by atoms with E-state index in [0.29, 0.717) is 18.0 Å². The van der Waals surface area contributed by atoms with Crippen molar-refractivity contribution in [2.75, 3.05) is 20.1 Å². The lowest BCUT2D eigenvalue weighted by atomic mass is 10.1. The average molecular weight is 419 g/mol. The van der Waals surface area contributed by atoms with Gasteiger partial charge in [0.05, 0.1) is 17.4 Å². The fourth-order valence-corrected chi connectivity index (χ4v) is 4.27. The van der Waals surface area contributed by atoms with Gasteiger partial charge < -0.3 is 15.2 Å². The van der Waals surface area contributed by atoms with Crippen LogP contribution in [0.2, 0.25) is 0 Å². The van der Waals surface area contributed by atoms with Crippen molar-refractivity contribution in [2.45, 2.75) is 45.9 Å². The Hall–Kier alpha value is -2.86. The summed E-state index contributed by atoms with van der Waals surface area (Å²) in [6.45, 7) is 10.6. The van der Waals surface area contributed by atoms with E-state index in [0.717, 1.165) is 37.7 Å². The van der Waals surface area contributed by atoms with E-state index in [1.165, 1.54) is 16.6 Å². The summed E-state index contributed by atoms with van der Waals surface area (Å²) in [7, 11) is 1.84. The van der Waals surface area contributed by atoms with Gasteiger partial charge in [-0.2, -0.15) is 0 Å². The number of hydrogen-bond donors (Lipinski definition) is 2. The summed E-state index contributed by atoms with van der Waals surface area (Å²) >= 11 is 0. The third-order valence-electron chi connectivity index (χ3n) is 6.28. The van der Waals surface area contributed by atoms with Crippen LogP contribution >= 0.6 is 0 Å². The number of benzene rings is 2. The fraction of sp³-hybridized carbons (Fsp3) is 0.440. The van der Waals surface area contributed by atoms with Gasteiger partial charge in [0.25, 0.3) is 0 Å². The van der Waals surface area contributed by atoms with Gasteiger partial charge in [-0.1, -0.05) is 43.3 Å². The second-order valence-electron chi connectivity index (χ2n) is 8.88. The first kappa shape index (κ1) is 21.4. The molecule has 2 atom stereocenters. The van der Waals surface area contributed by atoms with Gasteiger partial charge in [0, 0.05) is 45.3 Å². The zero-order chi connectivity index (χ0) is 21.8. The number of para-hydroxylation sites is 2. The van der Waals surface area contributed by atoms with Crippen LogP contribution in [0.15, 0.2) is 59.9 Å². The SMILES string of the molecule is CN=C(NCc1ccc(Cn2cnc3ccccc32)cc1)NC1CN(C(C)C)CC1C. The van der Waals surface area contributed by atoms with E-state index in [4.69, 9.17) is 0 Å². The fourth-order valence-electron chi connectivity index (χ4n) is 4.27. The topological polar surface area (TPSA) is 57.5 Å². The molecule has 164 valence electrons. The Morgan fingerprint density at radius 1 is 1.10 bits per heavy atom. The summed E-state index contributed by atoms with van der Waals surface area (Å²) in [5.41, 5.74) is 4.71. The minimum absolute atomic E-state index is 0.431. The highest BCUT2D eigenvalue weighted by molar-refractivity contribution is 5.80. The van der Waals surface area contributed by atoms with Crippen molar-refractivity contribution in [1.82, 2.24) is 25.1 Å². The lowest BCUT2D eigenvalue weighted by Gasteiger charge is -2.22. The average Bonchev–Trinajstić information content (AvgIpc) is 3.36. The first-order chi connectivity index (χ1) is 15.0. The minimum atomic E-state index is 0.431. The molecule has 1 fully saturated rings. The van der Waals surface area contributed by atoms with Gasteiger partial charge in [0.1, 0.15) is 0 Å². The van der Waals surface area contributed by atoms with E-state index in [-0.39, 0.29) is 0 Å². The molecule has 2 aromatic carbocycles. The van der Waals surface area contributed by atoms with E-state index >= 15 is 0 Å². The van der Waals surface area contributed by atoms with Crippen LogP contribution in [0.4, 0.5) is 0 Å². The molecule has 1 saturated heterocycles. The van der Waals surface area contributed by atoms with Crippen molar-refractivity contribution in [3.8, 4) is 0 Å². The number of aliphatic imine (C=N–C) groups is 1. The lowest BCUT2D eigenvalue weighted by Crippen LogP contribution is -2.46. The number of imidazole rings is 1. The molecule has 2 unspecified atom stereocenters. The van der Waals surface area contributed by atoms with Crippen LogP contribution in [0.25, 0.3) is 11.0 Å². The number of hydrogen-bond acceptors (Lipinski definition) is 3. The maximum atomic E-state index is 4.48. The van der Waals surface area contributed by atoms with Crippen LogP contribution in [-0.2, 0) is 13.1 Å². The zero-order valence-electron chi connectivity index (χ0n) is 19.0. The van der Waals surface area contributed by atoms with Crippen molar-refractivity contribution < 1.29 is 0 Å². The smallest absolute Gasteiger partial charge is 0.191 e. The van der Waals surface area contributed by atoms with Crippen LogP contribution in [0, 0.1) is 5.92 Å². The molecule has 0 aliphatic carbocycles. The standard InChI is InChI=1S/C25H34N6/c1-18(2)30-14-19(3)23(16-30)29-25(26-4)27-13-20-9-11-21(12-10-20)15-31-17-28-22-7-5-6-8-24(22)31/h5-12,17-19,23H,13-16H2,1-4H3,(H2,26,27,29). The summed E-state index contributed by atoms with van der Waals surface area (Å²) in [6, 6.07) is 18.0. The number of fused-ring (bicyclic) bond motifs is 1. The Kier molecular flexibility index (Phi) is 6.56. The Labute approximate surface area is 185 Å². The quantitative estimate of drug-likeness (QED) is 0.475. The van der Waals surface area contributed by atoms with Crippen LogP contribution in [0.1, 0.15) is 31.9 Å². The molecule has 3 aromatic rings. The monoisotopic (exact) mass is 418 g/mol. The van der Waals surface area contributed by atoms with Crippen LogP contribution in [0.5, 0.6) is 0 Å². The first-order valence-corrected chi connectivity index (χ1v) is 11.2. The summed E-state index contributed by atoms with van der Waals surface area (Å²) in [5, 5.41) is 7.09. The molecule has 1 aromatic heterocycles. The van der Waals surface area contributed by atoms with Crippen molar-refractivity contribution in [3.05, 3.63) is 66.0 Å². The van der Waals surface area contributed by atoms with Crippen molar-refractivity contribution in [1.29, 1.82) is 0 Å². The van der Waals surface area contributed by atoms with Gasteiger partial charge in [-0.05, 0) is 43.0 Å². The van der Waals surface area contributed by atoms with E-state index in [9.17, 15) is 0 Å². The van der Waals surface area contributed by atoms with Gasteiger partial charge in [0.2, 0.25) is 0 Å². The molecular formula is C25H34N6. The van der Waals surface area contributed by atoms with Crippen LogP contribution in [-0.4, -0.2) is 52.6 Å². The van der Waals surface area contributed by atoms with Crippen LogP contribution < -0.4 is 10.6 Å². The maximum Gasteiger partial charge on any atom is 0.191 e. The van der Waals surface area contributed by atoms with Gasteiger partial charge in [-0.25, -0.2) is 4.98 Å². The second-order valence-corrected chi connectivity index (χ2v) is 8.88.